The first-order valence-electron chi connectivity index (χ1n) is 8.00. The van der Waals surface area contributed by atoms with E-state index in [4.69, 9.17) is 13.3 Å². The Labute approximate surface area is 126 Å². The lowest BCUT2D eigenvalue weighted by Crippen LogP contribution is -2.54. The summed E-state index contributed by atoms with van der Waals surface area (Å²) < 4.78 is 15.8. The lowest BCUT2D eigenvalue weighted by Gasteiger charge is -2.28. The van der Waals surface area contributed by atoms with Crippen molar-refractivity contribution >= 4 is 8.80 Å². The maximum Gasteiger partial charge on any atom is 0.530 e. The fourth-order valence-electron chi connectivity index (χ4n) is 2.48. The summed E-state index contributed by atoms with van der Waals surface area (Å²) in [6.45, 7) is 2.24. The van der Waals surface area contributed by atoms with E-state index < -0.39 is 14.5 Å². The normalized spacial score (nSPS) is 13.7. The first-order chi connectivity index (χ1) is 9.66. The fourth-order valence-corrected chi connectivity index (χ4v) is 4.36. The molecule has 0 radical (unpaired) electrons. The molecular weight excluding hydrogens is 272 g/mol. The summed E-state index contributed by atoms with van der Waals surface area (Å²) in [5, 5.41) is 10.1. The predicted octanol–water partition coefficient (Wildman–Crippen LogP) is 3.69. The molecule has 0 aromatic carbocycles. The van der Waals surface area contributed by atoms with Crippen LogP contribution >= 0.6 is 0 Å². The fraction of sp³-hybridized carbons (Fsp3) is 1.00. The molecule has 0 amide bonds. The monoisotopic (exact) mass is 306 g/mol. The van der Waals surface area contributed by atoms with Crippen molar-refractivity contribution in [3.63, 3.8) is 0 Å². The van der Waals surface area contributed by atoms with Crippen LogP contribution in [0.15, 0.2) is 0 Å². The molecule has 0 rings (SSSR count). The predicted molar refractivity (Wildman–Crippen MR) is 84.6 cm³/mol. The van der Waals surface area contributed by atoms with Gasteiger partial charge in [-0.3, -0.25) is 0 Å². The zero-order valence-electron chi connectivity index (χ0n) is 13.8. The summed E-state index contributed by atoms with van der Waals surface area (Å²) in [6, 6.07) is 0. The van der Waals surface area contributed by atoms with Crippen LogP contribution in [-0.2, 0) is 13.3 Å². The summed E-state index contributed by atoms with van der Waals surface area (Å²) in [7, 11) is 1.77. The first kappa shape index (κ1) is 20.1. The van der Waals surface area contributed by atoms with E-state index in [2.05, 4.69) is 6.92 Å². The van der Waals surface area contributed by atoms with Gasteiger partial charge in [0.1, 0.15) is 5.73 Å². The smallest absolute Gasteiger partial charge is 0.389 e. The Hall–Kier alpha value is 0.0569. The van der Waals surface area contributed by atoms with Crippen LogP contribution in [0.2, 0.25) is 0 Å². The number of aliphatic hydroxyl groups excluding tert-OH is 1. The van der Waals surface area contributed by atoms with Gasteiger partial charge in [-0.05, 0) is 6.42 Å². The minimum absolute atomic E-state index is 0.618. The maximum atomic E-state index is 10.1. The van der Waals surface area contributed by atoms with E-state index in [0.717, 1.165) is 12.8 Å². The lowest BCUT2D eigenvalue weighted by atomic mass is 10.1. The Kier molecular flexibility index (Phi) is 12.8. The van der Waals surface area contributed by atoms with Crippen molar-refractivity contribution in [2.75, 3.05) is 21.3 Å². The molecule has 20 heavy (non-hydrogen) atoms. The van der Waals surface area contributed by atoms with Gasteiger partial charge < -0.3 is 18.4 Å². The van der Waals surface area contributed by atoms with E-state index in [1.54, 1.807) is 21.3 Å². The van der Waals surface area contributed by atoms with Crippen molar-refractivity contribution in [2.45, 2.75) is 76.9 Å². The first-order valence-corrected chi connectivity index (χ1v) is 9.80. The van der Waals surface area contributed by atoms with Gasteiger partial charge in [0.15, 0.2) is 0 Å². The summed E-state index contributed by atoms with van der Waals surface area (Å²) in [5.74, 6) is 0. The minimum Gasteiger partial charge on any atom is -0.389 e. The van der Waals surface area contributed by atoms with Crippen LogP contribution in [-0.4, -0.2) is 41.0 Å². The molecule has 0 aliphatic heterocycles. The molecule has 5 heteroatoms. The molecule has 0 aliphatic carbocycles. The van der Waals surface area contributed by atoms with Gasteiger partial charge in [-0.2, -0.15) is 0 Å². The molecule has 0 fully saturated rings. The van der Waals surface area contributed by atoms with E-state index in [0.29, 0.717) is 6.42 Å². The highest BCUT2D eigenvalue weighted by Crippen LogP contribution is 2.18. The molecule has 0 aliphatic rings. The summed E-state index contributed by atoms with van der Waals surface area (Å²) in [4.78, 5) is 0. The molecule has 122 valence electrons. The Bertz CT molecular complexity index is 202. The van der Waals surface area contributed by atoms with Gasteiger partial charge in [0, 0.05) is 21.3 Å². The highest BCUT2D eigenvalue weighted by molar-refractivity contribution is 6.61. The number of unbranched alkanes of at least 4 members (excludes halogenated alkanes) is 8. The number of aliphatic hydroxyl groups is 1. The third kappa shape index (κ3) is 7.74. The topological polar surface area (TPSA) is 47.9 Å². The quantitative estimate of drug-likeness (QED) is 0.393. The second-order valence-corrected chi connectivity index (χ2v) is 8.45. The molecule has 4 nitrogen and oxygen atoms in total. The van der Waals surface area contributed by atoms with Gasteiger partial charge in [0.05, 0.1) is 0 Å². The average molecular weight is 307 g/mol. The van der Waals surface area contributed by atoms with E-state index >= 15 is 0 Å². The number of hydrogen-bond acceptors (Lipinski definition) is 4. The number of rotatable bonds is 14. The molecule has 0 spiro atoms. The largest absolute Gasteiger partial charge is 0.530 e. The van der Waals surface area contributed by atoms with Crippen molar-refractivity contribution < 1.29 is 18.4 Å². The van der Waals surface area contributed by atoms with Gasteiger partial charge in [-0.25, -0.2) is 0 Å². The average Bonchev–Trinajstić information content (AvgIpc) is 2.48. The standard InChI is InChI=1S/C15H34O4Si/c1-5-6-7-8-9-10-11-12-13-14-15(16)20(17-2,18-3)19-4/h15-16H,5-14H2,1-4H3. The van der Waals surface area contributed by atoms with E-state index in [9.17, 15) is 5.11 Å². The summed E-state index contributed by atoms with van der Waals surface area (Å²) >= 11 is 0. The molecule has 1 unspecified atom stereocenters. The van der Waals surface area contributed by atoms with Crippen LogP contribution in [0, 0.1) is 0 Å². The number of hydrogen-bond donors (Lipinski definition) is 1. The third-order valence-corrected chi connectivity index (χ3v) is 6.65. The maximum absolute atomic E-state index is 10.1. The van der Waals surface area contributed by atoms with Crippen molar-refractivity contribution in [2.24, 2.45) is 0 Å². The van der Waals surface area contributed by atoms with Crippen LogP contribution < -0.4 is 0 Å². The van der Waals surface area contributed by atoms with Crippen molar-refractivity contribution in [1.29, 1.82) is 0 Å². The minimum atomic E-state index is -2.86. The molecule has 0 saturated carbocycles. The van der Waals surface area contributed by atoms with Crippen molar-refractivity contribution in [3.8, 4) is 0 Å². The highest BCUT2D eigenvalue weighted by Gasteiger charge is 2.46. The Morgan fingerprint density at radius 3 is 1.55 bits per heavy atom. The summed E-state index contributed by atoms with van der Waals surface area (Å²) in [6.07, 6.45) is 12.2. The SMILES string of the molecule is CCCCCCCCCCCC(O)[Si](OC)(OC)OC. The van der Waals surface area contributed by atoms with Gasteiger partial charge in [-0.1, -0.05) is 64.7 Å². The van der Waals surface area contributed by atoms with Crippen LogP contribution in [0.3, 0.4) is 0 Å². The Morgan fingerprint density at radius 2 is 1.15 bits per heavy atom. The van der Waals surface area contributed by atoms with Crippen LogP contribution in [0.5, 0.6) is 0 Å². The molecule has 1 N–H and O–H groups in total. The van der Waals surface area contributed by atoms with Crippen LogP contribution in [0.1, 0.15) is 71.1 Å². The third-order valence-electron chi connectivity index (χ3n) is 3.84. The molecule has 0 saturated heterocycles. The van der Waals surface area contributed by atoms with E-state index in [1.807, 2.05) is 0 Å². The second kappa shape index (κ2) is 12.8. The van der Waals surface area contributed by atoms with Gasteiger partial charge in [0.25, 0.3) is 0 Å². The van der Waals surface area contributed by atoms with E-state index in [-0.39, 0.29) is 0 Å². The lowest BCUT2D eigenvalue weighted by molar-refractivity contribution is 0.0544. The van der Waals surface area contributed by atoms with Gasteiger partial charge in [-0.15, -0.1) is 0 Å². The molecular formula is C15H34O4Si. The van der Waals surface area contributed by atoms with Crippen molar-refractivity contribution in [3.05, 3.63) is 0 Å². The highest BCUT2D eigenvalue weighted by atomic mass is 28.4. The zero-order chi connectivity index (χ0) is 15.3. The molecule has 0 aromatic heterocycles. The van der Waals surface area contributed by atoms with Crippen LogP contribution in [0.4, 0.5) is 0 Å². The second-order valence-electron chi connectivity index (χ2n) is 5.35. The van der Waals surface area contributed by atoms with Gasteiger partial charge in [0.2, 0.25) is 0 Å². The Morgan fingerprint density at radius 1 is 0.750 bits per heavy atom. The molecule has 1 atom stereocenters. The molecule has 0 heterocycles. The molecule has 0 bridgehead atoms. The van der Waals surface area contributed by atoms with Gasteiger partial charge >= 0.3 is 8.80 Å². The Balaban J connectivity index is 3.59. The molecule has 0 aromatic rings. The zero-order valence-corrected chi connectivity index (χ0v) is 14.8. The van der Waals surface area contributed by atoms with Crippen LogP contribution in [0.25, 0.3) is 0 Å². The van der Waals surface area contributed by atoms with E-state index in [1.165, 1.54) is 44.9 Å². The van der Waals surface area contributed by atoms with Crippen molar-refractivity contribution in [1.82, 2.24) is 0 Å². The summed E-state index contributed by atoms with van der Waals surface area (Å²) in [5.41, 5.74) is -0.618.